The number of Topliss-reactive ketones (excluding diaryl/α,β-unsaturated/α-hetero) is 1. The maximum Gasteiger partial charge on any atom is 0.192 e. The average molecular weight is 235 g/mol. The second-order valence-corrected chi connectivity index (χ2v) is 4.00. The lowest BCUT2D eigenvalue weighted by Gasteiger charge is -2.21. The maximum atomic E-state index is 14.1. The lowest BCUT2D eigenvalue weighted by Crippen LogP contribution is -2.28. The topological polar surface area (TPSA) is 29.4 Å². The first-order valence-corrected chi connectivity index (χ1v) is 5.26. The first kappa shape index (κ1) is 11.6. The second kappa shape index (κ2) is 4.57. The third-order valence-corrected chi connectivity index (χ3v) is 2.58. The molecular weight excluding hydrogens is 224 g/mol. The van der Waals surface area contributed by atoms with Crippen LogP contribution < -0.4 is 0 Å². The van der Waals surface area contributed by atoms with Crippen LogP contribution in [0.4, 0.5) is 8.78 Å². The molecule has 0 aliphatic carbocycles. The Labute approximate surface area is 97.7 Å². The summed E-state index contributed by atoms with van der Waals surface area (Å²) in [7, 11) is 0. The molecule has 1 aliphatic rings. The van der Waals surface area contributed by atoms with Crippen LogP contribution >= 0.6 is 0 Å². The van der Waals surface area contributed by atoms with E-state index in [1.807, 2.05) is 0 Å². The number of hydrogen-bond acceptors (Lipinski definition) is 2. The fraction of sp³-hybridized carbons (Fsp3) is 0.231. The van der Waals surface area contributed by atoms with Gasteiger partial charge in [-0.05, 0) is 6.08 Å². The van der Waals surface area contributed by atoms with Crippen molar-refractivity contribution in [3.8, 4) is 0 Å². The minimum atomic E-state index is -1.96. The highest BCUT2D eigenvalue weighted by molar-refractivity contribution is 5.97. The Bertz CT molecular complexity index is 481. The fourth-order valence-corrected chi connectivity index (χ4v) is 1.71. The zero-order chi connectivity index (χ0) is 12.3. The molecule has 0 saturated carbocycles. The third-order valence-electron chi connectivity index (χ3n) is 2.58. The lowest BCUT2D eigenvalue weighted by atomic mass is 9.91. The van der Waals surface area contributed by atoms with Crippen LogP contribution in [-0.4, -0.2) is 17.4 Å². The summed E-state index contributed by atoms with van der Waals surface area (Å²) in [6.07, 6.45) is 1.37. The van der Waals surface area contributed by atoms with Crippen molar-refractivity contribution in [2.24, 2.45) is 4.99 Å². The molecule has 1 aromatic rings. The summed E-state index contributed by atoms with van der Waals surface area (Å²) in [6.45, 7) is 0. The van der Waals surface area contributed by atoms with Crippen molar-refractivity contribution in [3.05, 3.63) is 48.2 Å². The van der Waals surface area contributed by atoms with Gasteiger partial charge in [0.2, 0.25) is 0 Å². The van der Waals surface area contributed by atoms with Gasteiger partial charge in [0, 0.05) is 18.2 Å². The van der Waals surface area contributed by atoms with Gasteiger partial charge in [0.15, 0.2) is 11.7 Å². The number of carbonyl (C=O) groups is 1. The van der Waals surface area contributed by atoms with E-state index < -0.39 is 18.1 Å². The Balaban J connectivity index is 2.10. The molecule has 1 atom stereocenters. The summed E-state index contributed by atoms with van der Waals surface area (Å²) in [5.74, 6) is -1.12. The first-order chi connectivity index (χ1) is 8.09. The van der Waals surface area contributed by atoms with Crippen LogP contribution in [0.5, 0.6) is 0 Å². The van der Waals surface area contributed by atoms with Crippen LogP contribution in [-0.2, 0) is 0 Å². The van der Waals surface area contributed by atoms with Gasteiger partial charge in [-0.15, -0.1) is 0 Å². The van der Waals surface area contributed by atoms with E-state index in [9.17, 15) is 13.6 Å². The molecule has 0 spiro atoms. The number of benzene rings is 1. The van der Waals surface area contributed by atoms with Crippen molar-refractivity contribution in [1.82, 2.24) is 0 Å². The van der Waals surface area contributed by atoms with Crippen molar-refractivity contribution in [3.63, 3.8) is 0 Å². The average Bonchev–Trinajstić information content (AvgIpc) is 2.29. The molecule has 2 nitrogen and oxygen atoms in total. The molecule has 1 aromatic carbocycles. The SMILES string of the molecule is O=C(CC1(F)C=CN=C(F)C1)c1ccccc1. The van der Waals surface area contributed by atoms with Gasteiger partial charge in [-0.1, -0.05) is 30.3 Å². The third kappa shape index (κ3) is 2.84. The number of carbonyl (C=O) groups excluding carboxylic acids is 1. The van der Waals surface area contributed by atoms with Crippen molar-refractivity contribution in [2.45, 2.75) is 18.5 Å². The van der Waals surface area contributed by atoms with Gasteiger partial charge < -0.3 is 0 Å². The first-order valence-electron chi connectivity index (χ1n) is 5.26. The molecule has 0 amide bonds. The summed E-state index contributed by atoms with van der Waals surface area (Å²) < 4.78 is 27.0. The van der Waals surface area contributed by atoms with Crippen LogP contribution in [0.15, 0.2) is 47.6 Å². The Morgan fingerprint density at radius 1 is 1.35 bits per heavy atom. The number of aliphatic imine (C=N–C) groups is 1. The van der Waals surface area contributed by atoms with Gasteiger partial charge in [-0.3, -0.25) is 4.79 Å². The van der Waals surface area contributed by atoms with Gasteiger partial charge in [0.1, 0.15) is 5.67 Å². The van der Waals surface area contributed by atoms with E-state index >= 15 is 0 Å². The van der Waals surface area contributed by atoms with Crippen LogP contribution in [0.25, 0.3) is 0 Å². The molecule has 88 valence electrons. The number of hydrogen-bond donors (Lipinski definition) is 0. The van der Waals surface area contributed by atoms with E-state index in [4.69, 9.17) is 0 Å². The summed E-state index contributed by atoms with van der Waals surface area (Å²) in [6, 6.07) is 8.41. The van der Waals surface area contributed by atoms with Crippen molar-refractivity contribution in [1.29, 1.82) is 0 Å². The van der Waals surface area contributed by atoms with Gasteiger partial charge in [-0.25, -0.2) is 9.38 Å². The molecule has 0 saturated heterocycles. The molecule has 4 heteroatoms. The van der Waals surface area contributed by atoms with Gasteiger partial charge >= 0.3 is 0 Å². The van der Waals surface area contributed by atoms with E-state index in [-0.39, 0.29) is 12.2 Å². The molecule has 0 fully saturated rings. The van der Waals surface area contributed by atoms with E-state index in [2.05, 4.69) is 4.99 Å². The van der Waals surface area contributed by atoms with Crippen LogP contribution in [0.2, 0.25) is 0 Å². The van der Waals surface area contributed by atoms with Gasteiger partial charge in [0.25, 0.3) is 0 Å². The number of allylic oxidation sites excluding steroid dienone is 1. The molecule has 0 aromatic heterocycles. The maximum absolute atomic E-state index is 14.1. The predicted molar refractivity (Wildman–Crippen MR) is 61.5 cm³/mol. The molecule has 0 radical (unpaired) electrons. The summed E-state index contributed by atoms with van der Waals surface area (Å²) in [4.78, 5) is 15.1. The Hall–Kier alpha value is -1.84. The molecule has 17 heavy (non-hydrogen) atoms. The smallest absolute Gasteiger partial charge is 0.192 e. The number of alkyl halides is 1. The molecule has 1 heterocycles. The zero-order valence-corrected chi connectivity index (χ0v) is 9.07. The van der Waals surface area contributed by atoms with Crippen molar-refractivity contribution in [2.75, 3.05) is 0 Å². The summed E-state index contributed by atoms with van der Waals surface area (Å²) >= 11 is 0. The number of ketones is 1. The van der Waals surface area contributed by atoms with Gasteiger partial charge in [-0.2, -0.15) is 4.39 Å². The predicted octanol–water partition coefficient (Wildman–Crippen LogP) is 3.25. The van der Waals surface area contributed by atoms with E-state index in [1.165, 1.54) is 0 Å². The molecular formula is C13H11F2NO. The lowest BCUT2D eigenvalue weighted by molar-refractivity contribution is 0.0905. The van der Waals surface area contributed by atoms with E-state index in [0.29, 0.717) is 5.56 Å². The highest BCUT2D eigenvalue weighted by Gasteiger charge is 2.33. The quantitative estimate of drug-likeness (QED) is 0.739. The normalized spacial score (nSPS) is 23.3. The molecule has 0 bridgehead atoms. The second-order valence-electron chi connectivity index (χ2n) is 4.00. The minimum absolute atomic E-state index is 0.340. The van der Waals surface area contributed by atoms with Crippen LogP contribution in [0.3, 0.4) is 0 Å². The van der Waals surface area contributed by atoms with Gasteiger partial charge in [0.05, 0.1) is 6.42 Å². The molecule has 1 unspecified atom stereocenters. The van der Waals surface area contributed by atoms with E-state index in [0.717, 1.165) is 12.3 Å². The zero-order valence-electron chi connectivity index (χ0n) is 9.07. The van der Waals surface area contributed by atoms with Crippen molar-refractivity contribution < 1.29 is 13.6 Å². The minimum Gasteiger partial charge on any atom is -0.294 e. The number of halogens is 2. The molecule has 0 N–H and O–H groups in total. The van der Waals surface area contributed by atoms with Crippen LogP contribution in [0.1, 0.15) is 23.2 Å². The largest absolute Gasteiger partial charge is 0.294 e. The highest BCUT2D eigenvalue weighted by atomic mass is 19.2. The Kier molecular flexibility index (Phi) is 3.13. The summed E-state index contributed by atoms with van der Waals surface area (Å²) in [5, 5.41) is 0. The molecule has 2 rings (SSSR count). The van der Waals surface area contributed by atoms with Crippen LogP contribution in [0, 0.1) is 0 Å². The molecule has 1 aliphatic heterocycles. The van der Waals surface area contributed by atoms with Crippen molar-refractivity contribution >= 4 is 11.7 Å². The summed E-state index contributed by atoms with van der Waals surface area (Å²) in [5.41, 5.74) is -1.53. The number of nitrogens with zero attached hydrogens (tertiary/aromatic N) is 1. The Morgan fingerprint density at radius 3 is 2.71 bits per heavy atom. The standard InChI is InChI=1S/C13H11F2NO/c14-12-9-13(15,6-7-16-12)8-11(17)10-4-2-1-3-5-10/h1-7H,8-9H2. The highest BCUT2D eigenvalue weighted by Crippen LogP contribution is 2.28. The fourth-order valence-electron chi connectivity index (χ4n) is 1.71. The van der Waals surface area contributed by atoms with E-state index in [1.54, 1.807) is 30.3 Å². The number of rotatable bonds is 3. The monoisotopic (exact) mass is 235 g/mol. The Morgan fingerprint density at radius 2 is 2.06 bits per heavy atom.